The molecule has 0 rings (SSSR count). The highest BCUT2D eigenvalue weighted by atomic mass is 31.2. The van der Waals surface area contributed by atoms with Gasteiger partial charge in [-0.1, -0.05) is 172 Å². The Hall–Kier alpha value is -4.37. The molecule has 0 aromatic carbocycles. The standard InChI is InChI=1S/C58H90NO8P/c1-6-8-10-12-14-16-18-20-22-23-24-25-26-27-28-29-30-31-32-33-34-35-37-39-41-43-45-47-49-51-58(61)67-56(55-66-68(62,63)65-53-52-59(3,4)5)54-64-57(60)50-48-46-44-42-40-38-36-21-19-17-15-13-11-9-7-2/h8-11,14-17,20-22,24-25,27-28,30-31,33-34,36-37,39-40,42-43,45,56H,6-7,12-13,18-19,23,26,29,32,35,38,41,44,46-55H2,1-5H3/p+1/b10-8-,11-9-,16-14-,17-15-,22-20-,25-24-,28-27-,31-30-,34-33-,36-21-,39-37-,42-40-,45-43-. The summed E-state index contributed by atoms with van der Waals surface area (Å²) in [5.41, 5.74) is 0. The molecular weight excluding hydrogens is 870 g/mol. The predicted octanol–water partition coefficient (Wildman–Crippen LogP) is 15.4. The number of carbonyl (C=O) groups is 2. The minimum Gasteiger partial charge on any atom is -0.462 e. The van der Waals surface area contributed by atoms with Crippen LogP contribution in [0.1, 0.15) is 142 Å². The van der Waals surface area contributed by atoms with E-state index in [0.29, 0.717) is 30.3 Å². The number of likely N-dealkylation sites (N-methyl/N-ethyl adjacent to an activating group) is 1. The van der Waals surface area contributed by atoms with Crippen molar-refractivity contribution < 1.29 is 42.1 Å². The summed E-state index contributed by atoms with van der Waals surface area (Å²) in [6, 6.07) is 0. The monoisotopic (exact) mass is 961 g/mol. The van der Waals surface area contributed by atoms with Crippen LogP contribution in [-0.2, 0) is 32.7 Å². The number of rotatable bonds is 43. The van der Waals surface area contributed by atoms with Crippen LogP contribution in [0.3, 0.4) is 0 Å². The van der Waals surface area contributed by atoms with Gasteiger partial charge in [0.1, 0.15) is 19.8 Å². The summed E-state index contributed by atoms with van der Waals surface area (Å²) in [4.78, 5) is 35.5. The second-order valence-corrected chi connectivity index (χ2v) is 18.5. The minimum absolute atomic E-state index is 0.00369. The number of phosphoric ester groups is 1. The molecule has 0 radical (unpaired) electrons. The number of quaternary nitrogens is 1. The number of ether oxygens (including phenoxy) is 2. The summed E-state index contributed by atoms with van der Waals surface area (Å²) >= 11 is 0. The lowest BCUT2D eigenvalue weighted by atomic mass is 10.2. The SMILES string of the molecule is CC/C=C\C/C=C\C/C=C\C/C=C\C/C=C\C/C=C\C/C=C\C/C=C\C/C=C\CCCC(=O)OC(COC(=O)CCCC/C=C\C/C=C\C/C=C\C/C=C\CC)COP(=O)(O)OCC[N+](C)(C)C. The second-order valence-electron chi connectivity index (χ2n) is 17.1. The van der Waals surface area contributed by atoms with Crippen molar-refractivity contribution in [2.24, 2.45) is 0 Å². The molecule has 0 heterocycles. The van der Waals surface area contributed by atoms with Crippen molar-refractivity contribution in [3.05, 3.63) is 158 Å². The molecule has 380 valence electrons. The highest BCUT2D eigenvalue weighted by molar-refractivity contribution is 7.47. The number of phosphoric acid groups is 1. The lowest BCUT2D eigenvalue weighted by molar-refractivity contribution is -0.870. The molecule has 0 spiro atoms. The van der Waals surface area contributed by atoms with Gasteiger partial charge < -0.3 is 18.9 Å². The molecular formula is C58H91NO8P+. The molecule has 68 heavy (non-hydrogen) atoms. The minimum atomic E-state index is -4.42. The van der Waals surface area contributed by atoms with E-state index >= 15 is 0 Å². The first-order valence-electron chi connectivity index (χ1n) is 25.2. The van der Waals surface area contributed by atoms with E-state index < -0.39 is 32.5 Å². The van der Waals surface area contributed by atoms with E-state index in [4.69, 9.17) is 18.5 Å². The van der Waals surface area contributed by atoms with Crippen LogP contribution in [0.5, 0.6) is 0 Å². The largest absolute Gasteiger partial charge is 0.472 e. The highest BCUT2D eigenvalue weighted by Gasteiger charge is 2.27. The van der Waals surface area contributed by atoms with Crippen LogP contribution in [0.25, 0.3) is 0 Å². The fourth-order valence-electron chi connectivity index (χ4n) is 5.71. The Morgan fingerprint density at radius 1 is 0.456 bits per heavy atom. The van der Waals surface area contributed by atoms with Crippen molar-refractivity contribution >= 4 is 19.8 Å². The maximum atomic E-state index is 12.7. The topological polar surface area (TPSA) is 108 Å². The molecule has 0 amide bonds. The lowest BCUT2D eigenvalue weighted by Crippen LogP contribution is -2.37. The van der Waals surface area contributed by atoms with Crippen molar-refractivity contribution in [1.29, 1.82) is 0 Å². The summed E-state index contributed by atoms with van der Waals surface area (Å²) in [5, 5.41) is 0. The molecule has 0 aromatic heterocycles. The molecule has 0 aliphatic heterocycles. The van der Waals surface area contributed by atoms with Crippen LogP contribution >= 0.6 is 7.82 Å². The maximum Gasteiger partial charge on any atom is 0.472 e. The first-order valence-corrected chi connectivity index (χ1v) is 26.7. The fraction of sp³-hybridized carbons (Fsp3) is 0.517. The van der Waals surface area contributed by atoms with Crippen molar-refractivity contribution in [1.82, 2.24) is 0 Å². The summed E-state index contributed by atoms with van der Waals surface area (Å²) in [5.74, 6) is -0.936. The Morgan fingerprint density at radius 2 is 0.794 bits per heavy atom. The Morgan fingerprint density at radius 3 is 1.16 bits per heavy atom. The number of esters is 2. The van der Waals surface area contributed by atoms with Crippen molar-refractivity contribution in [3.8, 4) is 0 Å². The van der Waals surface area contributed by atoms with Crippen LogP contribution < -0.4 is 0 Å². The maximum absolute atomic E-state index is 12.7. The zero-order chi connectivity index (χ0) is 49.9. The number of allylic oxidation sites excluding steroid dienone is 26. The van der Waals surface area contributed by atoms with Gasteiger partial charge in [-0.05, 0) is 116 Å². The average Bonchev–Trinajstić information content (AvgIpc) is 3.30. The molecule has 0 saturated carbocycles. The number of carbonyl (C=O) groups excluding carboxylic acids is 2. The van der Waals surface area contributed by atoms with Crippen molar-refractivity contribution in [2.75, 3.05) is 47.5 Å². The van der Waals surface area contributed by atoms with E-state index in [1.807, 2.05) is 27.2 Å². The van der Waals surface area contributed by atoms with E-state index in [2.05, 4.69) is 166 Å². The summed E-state index contributed by atoms with van der Waals surface area (Å²) in [6.07, 6.45) is 71.8. The summed E-state index contributed by atoms with van der Waals surface area (Å²) in [7, 11) is 1.38. The Balaban J connectivity index is 4.45. The average molecular weight is 961 g/mol. The number of nitrogens with zero attached hydrogens (tertiary/aromatic N) is 1. The van der Waals surface area contributed by atoms with E-state index in [1.165, 1.54) is 0 Å². The molecule has 1 N–H and O–H groups in total. The molecule has 0 aliphatic rings. The molecule has 2 atom stereocenters. The number of unbranched alkanes of at least 4 members (excludes halogenated alkanes) is 3. The van der Waals surface area contributed by atoms with E-state index in [0.717, 1.165) is 96.3 Å². The smallest absolute Gasteiger partial charge is 0.462 e. The van der Waals surface area contributed by atoms with Crippen molar-refractivity contribution in [2.45, 2.75) is 148 Å². The first-order chi connectivity index (χ1) is 33.0. The van der Waals surface area contributed by atoms with Gasteiger partial charge in [-0.15, -0.1) is 0 Å². The lowest BCUT2D eigenvalue weighted by Gasteiger charge is -2.24. The second kappa shape index (κ2) is 47.7. The third-order valence-corrected chi connectivity index (χ3v) is 10.5. The molecule has 2 unspecified atom stereocenters. The predicted molar refractivity (Wildman–Crippen MR) is 288 cm³/mol. The van der Waals surface area contributed by atoms with Crippen LogP contribution in [0, 0.1) is 0 Å². The van der Waals surface area contributed by atoms with Gasteiger partial charge in [0.15, 0.2) is 6.10 Å². The Bertz CT molecular complexity index is 1700. The van der Waals surface area contributed by atoms with Gasteiger partial charge in [-0.2, -0.15) is 0 Å². The van der Waals surface area contributed by atoms with Crippen LogP contribution in [0.2, 0.25) is 0 Å². The summed E-state index contributed by atoms with van der Waals surface area (Å²) < 4.78 is 34.3. The van der Waals surface area contributed by atoms with Crippen LogP contribution in [0.4, 0.5) is 0 Å². The normalized spacial score (nSPS) is 14.7. The zero-order valence-electron chi connectivity index (χ0n) is 42.8. The van der Waals surface area contributed by atoms with Crippen LogP contribution in [-0.4, -0.2) is 74.9 Å². The van der Waals surface area contributed by atoms with Gasteiger partial charge in [0, 0.05) is 12.8 Å². The molecule has 0 bridgehead atoms. The molecule has 0 saturated heterocycles. The quantitative estimate of drug-likeness (QED) is 0.0212. The first kappa shape index (κ1) is 63.6. The van der Waals surface area contributed by atoms with Crippen LogP contribution in [0.15, 0.2) is 158 Å². The van der Waals surface area contributed by atoms with Gasteiger partial charge >= 0.3 is 19.8 Å². The number of hydrogen-bond acceptors (Lipinski definition) is 7. The Kier molecular flexibility index (Phi) is 44.6. The van der Waals surface area contributed by atoms with Gasteiger partial charge in [0.25, 0.3) is 0 Å². The van der Waals surface area contributed by atoms with E-state index in [1.54, 1.807) is 0 Å². The third kappa shape index (κ3) is 51.0. The third-order valence-electron chi connectivity index (χ3n) is 9.55. The fourth-order valence-corrected chi connectivity index (χ4v) is 6.45. The van der Waals surface area contributed by atoms with Crippen molar-refractivity contribution in [3.63, 3.8) is 0 Å². The van der Waals surface area contributed by atoms with Gasteiger partial charge in [0.05, 0.1) is 27.7 Å². The molecule has 9 nitrogen and oxygen atoms in total. The highest BCUT2D eigenvalue weighted by Crippen LogP contribution is 2.43. The summed E-state index contributed by atoms with van der Waals surface area (Å²) in [6.45, 7) is 4.04. The van der Waals surface area contributed by atoms with Gasteiger partial charge in [-0.3, -0.25) is 18.6 Å². The van der Waals surface area contributed by atoms with E-state index in [9.17, 15) is 19.0 Å². The molecule has 0 aliphatic carbocycles. The number of hydrogen-bond donors (Lipinski definition) is 1. The van der Waals surface area contributed by atoms with E-state index in [-0.39, 0.29) is 26.1 Å². The zero-order valence-corrected chi connectivity index (χ0v) is 43.7. The van der Waals surface area contributed by atoms with Gasteiger partial charge in [0.2, 0.25) is 0 Å². The Labute approximate surface area is 414 Å². The molecule has 0 aromatic rings. The van der Waals surface area contributed by atoms with Gasteiger partial charge in [-0.25, -0.2) is 4.57 Å². The molecule has 0 fully saturated rings. The molecule has 10 heteroatoms.